The lowest BCUT2D eigenvalue weighted by Gasteiger charge is -2.08. The first-order chi connectivity index (χ1) is 15.6. The number of aromatic amines is 1. The number of rotatable bonds is 7. The lowest BCUT2D eigenvalue weighted by atomic mass is 10.1. The van der Waals surface area contributed by atoms with E-state index in [1.54, 1.807) is 25.1 Å². The van der Waals surface area contributed by atoms with Crippen LogP contribution in [-0.2, 0) is 10.5 Å². The van der Waals surface area contributed by atoms with Crippen molar-refractivity contribution in [3.8, 4) is 0 Å². The van der Waals surface area contributed by atoms with E-state index in [1.807, 2.05) is 42.5 Å². The van der Waals surface area contributed by atoms with Gasteiger partial charge in [0.15, 0.2) is 0 Å². The van der Waals surface area contributed by atoms with Crippen LogP contribution in [0.3, 0.4) is 0 Å². The minimum Gasteiger partial charge on any atom is -0.450 e. The predicted octanol–water partition coefficient (Wildman–Crippen LogP) is 4.94. The summed E-state index contributed by atoms with van der Waals surface area (Å²) in [6.07, 6.45) is 3.24. The monoisotopic (exact) mass is 448 g/mol. The number of hydrogen-bond acceptors (Lipinski definition) is 7. The molecule has 2 N–H and O–H groups in total. The number of nitrogens with zero attached hydrogens (tertiary/aromatic N) is 2. The van der Waals surface area contributed by atoms with E-state index in [9.17, 15) is 9.59 Å². The zero-order chi connectivity index (χ0) is 22.3. The Labute approximate surface area is 187 Å². The summed E-state index contributed by atoms with van der Waals surface area (Å²) in [7, 11) is 0. The number of thioether (sulfide) groups is 1. The molecule has 0 radical (unpaired) electrons. The molecule has 0 bridgehead atoms. The standard InChI is InChI=1S/C23H20N4O4S/c1-2-30-23(29)24-17-9-10-18-16(12-21(28)31-19(18)13-17)14-32-22-25-20(26-27-22)11-8-15-6-4-3-5-7-15/h3-13H,2,14H2,1H3,(H,24,29)(H,25,26,27)/b11-8+. The summed E-state index contributed by atoms with van der Waals surface area (Å²) in [5, 5.41) is 11.1. The van der Waals surface area contributed by atoms with Crippen LogP contribution in [0.25, 0.3) is 23.1 Å². The molecule has 0 unspecified atom stereocenters. The molecule has 2 aromatic heterocycles. The van der Waals surface area contributed by atoms with Gasteiger partial charge in [-0.2, -0.15) is 0 Å². The molecule has 0 aliphatic heterocycles. The first kappa shape index (κ1) is 21.4. The number of carbonyl (C=O) groups is 1. The Kier molecular flexibility index (Phi) is 6.66. The van der Waals surface area contributed by atoms with Crippen LogP contribution in [-0.4, -0.2) is 27.9 Å². The highest BCUT2D eigenvalue weighted by atomic mass is 32.2. The molecule has 8 nitrogen and oxygen atoms in total. The second kappa shape index (κ2) is 9.97. The average molecular weight is 449 g/mol. The van der Waals surface area contributed by atoms with Crippen molar-refractivity contribution in [2.45, 2.75) is 17.8 Å². The molecule has 1 amide bonds. The highest BCUT2D eigenvalue weighted by Crippen LogP contribution is 2.26. The average Bonchev–Trinajstić information content (AvgIpc) is 3.24. The fraction of sp³-hybridized carbons (Fsp3) is 0.130. The van der Waals surface area contributed by atoms with Gasteiger partial charge in [0.05, 0.1) is 6.61 Å². The maximum atomic E-state index is 12.0. The quantitative estimate of drug-likeness (QED) is 0.304. The van der Waals surface area contributed by atoms with Crippen LogP contribution in [0.15, 0.2) is 69.0 Å². The molecule has 0 aliphatic carbocycles. The first-order valence-electron chi connectivity index (χ1n) is 9.89. The number of nitrogens with one attached hydrogen (secondary N) is 2. The summed E-state index contributed by atoms with van der Waals surface area (Å²) in [5.74, 6) is 1.12. The maximum absolute atomic E-state index is 12.0. The van der Waals surface area contributed by atoms with Crippen molar-refractivity contribution in [1.29, 1.82) is 0 Å². The number of aromatic nitrogens is 3. The molecular formula is C23H20N4O4S. The van der Waals surface area contributed by atoms with Gasteiger partial charge in [0.1, 0.15) is 11.4 Å². The Hall–Kier alpha value is -3.85. The SMILES string of the molecule is CCOC(=O)Nc1ccc2c(CSc3n[nH]c(/C=C/c4ccccc4)n3)cc(=O)oc2c1. The number of ether oxygens (including phenoxy) is 1. The van der Waals surface area contributed by atoms with Crippen molar-refractivity contribution in [2.24, 2.45) is 0 Å². The van der Waals surface area contributed by atoms with Crippen molar-refractivity contribution in [1.82, 2.24) is 15.2 Å². The Bertz CT molecular complexity index is 1310. The normalized spacial score (nSPS) is 11.2. The largest absolute Gasteiger partial charge is 0.450 e. The van der Waals surface area contributed by atoms with Gasteiger partial charge in [0.2, 0.25) is 5.16 Å². The molecule has 0 atom stereocenters. The number of benzene rings is 2. The fourth-order valence-electron chi connectivity index (χ4n) is 2.99. The van der Waals surface area contributed by atoms with Crippen LogP contribution in [0.5, 0.6) is 0 Å². The van der Waals surface area contributed by atoms with Gasteiger partial charge in [0, 0.05) is 29.0 Å². The van der Waals surface area contributed by atoms with E-state index in [4.69, 9.17) is 9.15 Å². The summed E-state index contributed by atoms with van der Waals surface area (Å²) in [6, 6.07) is 16.5. The van der Waals surface area contributed by atoms with Gasteiger partial charge in [-0.15, -0.1) is 5.10 Å². The molecule has 0 spiro atoms. The number of amides is 1. The van der Waals surface area contributed by atoms with Crippen molar-refractivity contribution in [3.05, 3.63) is 82.0 Å². The highest BCUT2D eigenvalue weighted by molar-refractivity contribution is 7.98. The first-order valence-corrected chi connectivity index (χ1v) is 10.9. The lowest BCUT2D eigenvalue weighted by molar-refractivity contribution is 0.168. The number of fused-ring (bicyclic) bond motifs is 1. The Balaban J connectivity index is 1.47. The molecular weight excluding hydrogens is 428 g/mol. The Morgan fingerprint density at radius 2 is 2.03 bits per heavy atom. The number of hydrogen-bond donors (Lipinski definition) is 2. The van der Waals surface area contributed by atoms with Crippen LogP contribution < -0.4 is 10.9 Å². The van der Waals surface area contributed by atoms with Crippen molar-refractivity contribution in [3.63, 3.8) is 0 Å². The van der Waals surface area contributed by atoms with Gasteiger partial charge in [0.25, 0.3) is 0 Å². The summed E-state index contributed by atoms with van der Waals surface area (Å²) in [6.45, 7) is 1.99. The van der Waals surface area contributed by atoms with E-state index in [-0.39, 0.29) is 6.61 Å². The number of H-pyrrole nitrogens is 1. The van der Waals surface area contributed by atoms with Crippen molar-refractivity contribution in [2.75, 3.05) is 11.9 Å². The summed E-state index contributed by atoms with van der Waals surface area (Å²) >= 11 is 1.40. The molecule has 0 saturated heterocycles. The molecule has 0 fully saturated rings. The molecule has 2 aromatic carbocycles. The third-order valence-electron chi connectivity index (χ3n) is 4.42. The van der Waals surface area contributed by atoms with Crippen LogP contribution in [0, 0.1) is 0 Å². The van der Waals surface area contributed by atoms with Gasteiger partial charge >= 0.3 is 11.7 Å². The summed E-state index contributed by atoms with van der Waals surface area (Å²) < 4.78 is 10.2. The predicted molar refractivity (Wildman–Crippen MR) is 124 cm³/mol. The third-order valence-corrected chi connectivity index (χ3v) is 5.32. The van der Waals surface area contributed by atoms with Crippen molar-refractivity contribution >= 4 is 46.7 Å². The minimum absolute atomic E-state index is 0.265. The zero-order valence-corrected chi connectivity index (χ0v) is 18.0. The highest BCUT2D eigenvalue weighted by Gasteiger charge is 2.10. The van der Waals surface area contributed by atoms with Crippen LogP contribution >= 0.6 is 11.8 Å². The molecule has 32 heavy (non-hydrogen) atoms. The van der Waals surface area contributed by atoms with E-state index in [0.717, 1.165) is 16.5 Å². The molecule has 162 valence electrons. The molecule has 4 aromatic rings. The van der Waals surface area contributed by atoms with Gasteiger partial charge in [-0.1, -0.05) is 48.2 Å². The van der Waals surface area contributed by atoms with E-state index >= 15 is 0 Å². The topological polar surface area (TPSA) is 110 Å². The van der Waals surface area contributed by atoms with Crippen molar-refractivity contribution < 1.29 is 13.9 Å². The second-order valence-corrected chi connectivity index (χ2v) is 7.63. The molecule has 2 heterocycles. The van der Waals surface area contributed by atoms with Gasteiger partial charge < -0.3 is 9.15 Å². The maximum Gasteiger partial charge on any atom is 0.411 e. The number of carbonyl (C=O) groups excluding carboxylic acids is 1. The van der Waals surface area contributed by atoms with Gasteiger partial charge in [-0.05, 0) is 36.3 Å². The van der Waals surface area contributed by atoms with Crippen LogP contribution in [0.4, 0.5) is 10.5 Å². The van der Waals surface area contributed by atoms with Crippen LogP contribution in [0.2, 0.25) is 0 Å². The minimum atomic E-state index is -0.567. The fourth-order valence-corrected chi connectivity index (χ4v) is 3.79. The van der Waals surface area contributed by atoms with E-state index in [0.29, 0.717) is 28.0 Å². The summed E-state index contributed by atoms with van der Waals surface area (Å²) in [5.41, 5.74) is 2.24. The third kappa shape index (κ3) is 5.44. The van der Waals surface area contributed by atoms with Gasteiger partial charge in [-0.25, -0.2) is 14.6 Å². The van der Waals surface area contributed by atoms with E-state index in [2.05, 4.69) is 20.5 Å². The lowest BCUT2D eigenvalue weighted by Crippen LogP contribution is -2.13. The molecule has 0 aliphatic rings. The second-order valence-electron chi connectivity index (χ2n) is 6.68. The Morgan fingerprint density at radius 3 is 2.84 bits per heavy atom. The molecule has 0 saturated carbocycles. The Morgan fingerprint density at radius 1 is 1.19 bits per heavy atom. The molecule has 4 rings (SSSR count). The van der Waals surface area contributed by atoms with E-state index < -0.39 is 11.7 Å². The number of anilines is 1. The summed E-state index contributed by atoms with van der Waals surface area (Å²) in [4.78, 5) is 28.1. The van der Waals surface area contributed by atoms with E-state index in [1.165, 1.54) is 17.8 Å². The van der Waals surface area contributed by atoms with Crippen LogP contribution in [0.1, 0.15) is 23.9 Å². The smallest absolute Gasteiger partial charge is 0.411 e. The van der Waals surface area contributed by atoms with Gasteiger partial charge in [-0.3, -0.25) is 10.4 Å². The molecule has 9 heteroatoms. The zero-order valence-electron chi connectivity index (χ0n) is 17.2.